The number of amides is 1. The molecule has 3 rings (SSSR count). The molecule has 1 N–H and O–H groups in total. The summed E-state index contributed by atoms with van der Waals surface area (Å²) in [7, 11) is 1.75. The lowest BCUT2D eigenvalue weighted by atomic mass is 9.58. The van der Waals surface area contributed by atoms with Crippen molar-refractivity contribution in [3.05, 3.63) is 0 Å². The molecule has 1 saturated carbocycles. The summed E-state index contributed by atoms with van der Waals surface area (Å²) in [6.45, 7) is 8.84. The van der Waals surface area contributed by atoms with Gasteiger partial charge in [0.15, 0.2) is 0 Å². The van der Waals surface area contributed by atoms with E-state index in [0.717, 1.165) is 6.42 Å². The molecule has 92 valence electrons. The Balaban J connectivity index is 2.49. The summed E-state index contributed by atoms with van der Waals surface area (Å²) in [6, 6.07) is 0. The van der Waals surface area contributed by atoms with Gasteiger partial charge in [-0.2, -0.15) is 0 Å². The zero-order valence-electron chi connectivity index (χ0n) is 11.0. The number of ether oxygens (including phenoxy) is 1. The van der Waals surface area contributed by atoms with E-state index in [-0.39, 0.29) is 17.0 Å². The Morgan fingerprint density at radius 3 is 2.50 bits per heavy atom. The lowest BCUT2D eigenvalue weighted by Gasteiger charge is -2.53. The molecule has 3 nitrogen and oxygen atoms in total. The standard InChI is InChI=1S/C13H23NO2/c1-8-6-12(4)9(2)10(3)13(8,16-5)7-11(15)14-12/h8-10H,6-7H2,1-5H3,(H,14,15). The van der Waals surface area contributed by atoms with Crippen molar-refractivity contribution in [1.82, 2.24) is 5.32 Å². The lowest BCUT2D eigenvalue weighted by molar-refractivity contribution is -0.146. The first-order valence-corrected chi connectivity index (χ1v) is 6.22. The zero-order valence-corrected chi connectivity index (χ0v) is 11.0. The minimum Gasteiger partial charge on any atom is -0.377 e. The molecule has 16 heavy (non-hydrogen) atoms. The molecule has 2 bridgehead atoms. The third-order valence-corrected chi connectivity index (χ3v) is 5.33. The van der Waals surface area contributed by atoms with Crippen LogP contribution in [0.15, 0.2) is 0 Å². The third kappa shape index (κ3) is 1.33. The molecule has 0 spiro atoms. The molecule has 0 aromatic carbocycles. The Morgan fingerprint density at radius 1 is 1.31 bits per heavy atom. The number of fused-ring (bicyclic) bond motifs is 4. The Morgan fingerprint density at radius 2 is 1.94 bits per heavy atom. The van der Waals surface area contributed by atoms with Crippen LogP contribution in [0.2, 0.25) is 0 Å². The molecule has 1 amide bonds. The maximum Gasteiger partial charge on any atom is 0.223 e. The summed E-state index contributed by atoms with van der Waals surface area (Å²) in [4.78, 5) is 12.0. The molecule has 3 aliphatic rings. The number of carbonyl (C=O) groups is 1. The highest BCUT2D eigenvalue weighted by molar-refractivity contribution is 5.79. The van der Waals surface area contributed by atoms with Crippen molar-refractivity contribution in [3.63, 3.8) is 0 Å². The van der Waals surface area contributed by atoms with Crippen molar-refractivity contribution in [2.45, 2.75) is 51.7 Å². The van der Waals surface area contributed by atoms with Gasteiger partial charge >= 0.3 is 0 Å². The quantitative estimate of drug-likeness (QED) is 0.741. The molecule has 2 saturated heterocycles. The molecule has 3 fully saturated rings. The average molecular weight is 225 g/mol. The summed E-state index contributed by atoms with van der Waals surface area (Å²) >= 11 is 0. The average Bonchev–Trinajstić information content (AvgIpc) is 2.34. The van der Waals surface area contributed by atoms with Crippen molar-refractivity contribution in [2.24, 2.45) is 17.8 Å². The predicted octanol–water partition coefficient (Wildman–Crippen LogP) is 1.96. The van der Waals surface area contributed by atoms with E-state index in [4.69, 9.17) is 4.74 Å². The minimum absolute atomic E-state index is 0.0611. The third-order valence-electron chi connectivity index (χ3n) is 5.33. The highest BCUT2D eigenvalue weighted by Crippen LogP contribution is 2.51. The first-order chi connectivity index (χ1) is 7.35. The van der Waals surface area contributed by atoms with Gasteiger partial charge in [-0.3, -0.25) is 4.79 Å². The van der Waals surface area contributed by atoms with Gasteiger partial charge in [0.1, 0.15) is 0 Å². The first-order valence-electron chi connectivity index (χ1n) is 6.22. The van der Waals surface area contributed by atoms with Gasteiger partial charge in [0, 0.05) is 12.6 Å². The number of nitrogens with one attached hydrogen (secondary N) is 1. The van der Waals surface area contributed by atoms with Crippen LogP contribution < -0.4 is 5.32 Å². The highest BCUT2D eigenvalue weighted by Gasteiger charge is 2.58. The summed E-state index contributed by atoms with van der Waals surface area (Å²) in [6.07, 6.45) is 1.52. The topological polar surface area (TPSA) is 38.3 Å². The van der Waals surface area contributed by atoms with E-state index in [1.54, 1.807) is 7.11 Å². The summed E-state index contributed by atoms with van der Waals surface area (Å²) in [5.41, 5.74) is -0.325. The van der Waals surface area contributed by atoms with Crippen LogP contribution in [0.1, 0.15) is 40.5 Å². The van der Waals surface area contributed by atoms with Crippen molar-refractivity contribution < 1.29 is 9.53 Å². The minimum atomic E-state index is -0.264. The Kier molecular flexibility index (Phi) is 2.57. The molecule has 0 radical (unpaired) electrons. The van der Waals surface area contributed by atoms with E-state index in [2.05, 4.69) is 33.0 Å². The van der Waals surface area contributed by atoms with Crippen molar-refractivity contribution in [2.75, 3.05) is 7.11 Å². The molecule has 2 heterocycles. The van der Waals surface area contributed by atoms with Gasteiger partial charge in [0.25, 0.3) is 0 Å². The fraction of sp³-hybridized carbons (Fsp3) is 0.923. The van der Waals surface area contributed by atoms with Gasteiger partial charge in [-0.25, -0.2) is 0 Å². The monoisotopic (exact) mass is 225 g/mol. The fourth-order valence-electron chi connectivity index (χ4n) is 3.99. The number of rotatable bonds is 1. The summed E-state index contributed by atoms with van der Waals surface area (Å²) in [5, 5.41) is 3.20. The smallest absolute Gasteiger partial charge is 0.223 e. The van der Waals surface area contributed by atoms with E-state index < -0.39 is 0 Å². The van der Waals surface area contributed by atoms with Crippen LogP contribution in [-0.4, -0.2) is 24.2 Å². The van der Waals surface area contributed by atoms with Gasteiger partial charge in [-0.1, -0.05) is 20.8 Å². The molecule has 2 aliphatic heterocycles. The Labute approximate surface area is 97.9 Å². The second kappa shape index (κ2) is 3.46. The second-order valence-electron chi connectivity index (χ2n) is 5.98. The van der Waals surface area contributed by atoms with Crippen LogP contribution in [0.5, 0.6) is 0 Å². The first kappa shape index (κ1) is 11.9. The molecular formula is C13H23NO2. The van der Waals surface area contributed by atoms with E-state index in [1.807, 2.05) is 0 Å². The lowest BCUT2D eigenvalue weighted by Crippen LogP contribution is -2.59. The number of hydrogen-bond donors (Lipinski definition) is 1. The molecular weight excluding hydrogens is 202 g/mol. The van der Waals surface area contributed by atoms with Crippen molar-refractivity contribution >= 4 is 5.91 Å². The Bertz CT molecular complexity index is 317. The van der Waals surface area contributed by atoms with E-state index in [0.29, 0.717) is 24.2 Å². The highest BCUT2D eigenvalue weighted by atomic mass is 16.5. The van der Waals surface area contributed by atoms with Gasteiger partial charge in [0.2, 0.25) is 5.91 Å². The van der Waals surface area contributed by atoms with E-state index >= 15 is 0 Å². The number of carbonyl (C=O) groups excluding carboxylic acids is 1. The molecule has 1 aliphatic carbocycles. The van der Waals surface area contributed by atoms with Crippen LogP contribution in [0.3, 0.4) is 0 Å². The van der Waals surface area contributed by atoms with Gasteiger partial charge in [-0.15, -0.1) is 0 Å². The van der Waals surface area contributed by atoms with Crippen molar-refractivity contribution in [3.8, 4) is 0 Å². The predicted molar refractivity (Wildman–Crippen MR) is 63.0 cm³/mol. The van der Waals surface area contributed by atoms with E-state index in [9.17, 15) is 4.79 Å². The van der Waals surface area contributed by atoms with Crippen LogP contribution >= 0.6 is 0 Å². The second-order valence-corrected chi connectivity index (χ2v) is 5.98. The van der Waals surface area contributed by atoms with Gasteiger partial charge in [-0.05, 0) is 31.1 Å². The molecule has 0 aromatic heterocycles. The van der Waals surface area contributed by atoms with Crippen LogP contribution in [0, 0.1) is 17.8 Å². The maximum absolute atomic E-state index is 12.0. The normalized spacial score (nSPS) is 52.3. The van der Waals surface area contributed by atoms with Crippen molar-refractivity contribution in [1.29, 1.82) is 0 Å². The fourth-order valence-corrected chi connectivity index (χ4v) is 3.99. The molecule has 5 atom stereocenters. The number of hydrogen-bond acceptors (Lipinski definition) is 2. The van der Waals surface area contributed by atoms with Crippen LogP contribution in [0.4, 0.5) is 0 Å². The zero-order chi connectivity index (χ0) is 12.1. The SMILES string of the molecule is COC12CC(=O)NC(C)(CC1C)C(C)C2C. The largest absolute Gasteiger partial charge is 0.377 e. The van der Waals surface area contributed by atoms with Gasteiger partial charge < -0.3 is 10.1 Å². The summed E-state index contributed by atoms with van der Waals surface area (Å²) < 4.78 is 5.80. The van der Waals surface area contributed by atoms with Crippen LogP contribution in [-0.2, 0) is 9.53 Å². The maximum atomic E-state index is 12.0. The Hall–Kier alpha value is -0.570. The van der Waals surface area contributed by atoms with E-state index in [1.165, 1.54) is 0 Å². The molecule has 3 heteroatoms. The number of methoxy groups -OCH3 is 1. The van der Waals surface area contributed by atoms with Crippen LogP contribution in [0.25, 0.3) is 0 Å². The molecule has 5 unspecified atom stereocenters. The molecule has 0 aromatic rings. The van der Waals surface area contributed by atoms with Gasteiger partial charge in [0.05, 0.1) is 12.0 Å². The summed E-state index contributed by atoms with van der Waals surface area (Å²) in [5.74, 6) is 1.43.